The van der Waals surface area contributed by atoms with Gasteiger partial charge in [0.2, 0.25) is 5.91 Å². The fraction of sp³-hybridized carbons (Fsp3) is 0.412. The van der Waals surface area contributed by atoms with Crippen LogP contribution in [0.2, 0.25) is 0 Å². The van der Waals surface area contributed by atoms with Crippen molar-refractivity contribution in [3.05, 3.63) is 42.5 Å². The topological polar surface area (TPSA) is 71.0 Å². The van der Waals surface area contributed by atoms with Gasteiger partial charge < -0.3 is 10.2 Å². The van der Waals surface area contributed by atoms with Gasteiger partial charge in [-0.3, -0.25) is 9.78 Å². The van der Waals surface area contributed by atoms with Crippen LogP contribution in [0.3, 0.4) is 0 Å². The van der Waals surface area contributed by atoms with Gasteiger partial charge in [-0.1, -0.05) is 19.9 Å². The van der Waals surface area contributed by atoms with Crippen LogP contribution in [0, 0.1) is 5.92 Å². The first-order valence-corrected chi connectivity index (χ1v) is 7.96. The van der Waals surface area contributed by atoms with Crippen molar-refractivity contribution in [1.29, 1.82) is 0 Å². The van der Waals surface area contributed by atoms with Crippen LogP contribution in [0.15, 0.2) is 36.8 Å². The molecule has 1 unspecified atom stereocenters. The monoisotopic (exact) mass is 311 g/mol. The number of amides is 1. The smallest absolute Gasteiger partial charge is 0.225 e. The lowest BCUT2D eigenvalue weighted by atomic mass is 10.1. The van der Waals surface area contributed by atoms with Crippen molar-refractivity contribution in [3.63, 3.8) is 0 Å². The van der Waals surface area contributed by atoms with Crippen molar-refractivity contribution in [3.8, 4) is 0 Å². The molecule has 1 amide bonds. The third-order valence-corrected chi connectivity index (χ3v) is 3.98. The number of pyridine rings is 1. The van der Waals surface area contributed by atoms with Gasteiger partial charge in [0.05, 0.1) is 6.04 Å². The van der Waals surface area contributed by atoms with Crippen molar-refractivity contribution in [2.24, 2.45) is 5.92 Å². The lowest BCUT2D eigenvalue weighted by Gasteiger charge is -2.27. The zero-order valence-corrected chi connectivity index (χ0v) is 13.4. The van der Waals surface area contributed by atoms with E-state index in [4.69, 9.17) is 0 Å². The highest BCUT2D eigenvalue weighted by atomic mass is 16.2. The molecule has 3 rings (SSSR count). The van der Waals surface area contributed by atoms with E-state index in [2.05, 4.69) is 20.3 Å². The number of likely N-dealkylation sites (tertiary alicyclic amines) is 1. The third-order valence-electron chi connectivity index (χ3n) is 3.98. The molecular weight excluding hydrogens is 290 g/mol. The summed E-state index contributed by atoms with van der Waals surface area (Å²) in [5.74, 6) is 1.54. The molecule has 2 aromatic rings. The number of hydrogen-bond acceptors (Lipinski definition) is 5. The maximum Gasteiger partial charge on any atom is 0.225 e. The Bertz CT molecular complexity index is 674. The Morgan fingerprint density at radius 2 is 2.04 bits per heavy atom. The predicted octanol–water partition coefficient (Wildman–Crippen LogP) is 2.93. The average Bonchev–Trinajstić information content (AvgIpc) is 3.05. The van der Waals surface area contributed by atoms with Crippen molar-refractivity contribution < 1.29 is 4.79 Å². The zero-order valence-electron chi connectivity index (χ0n) is 13.4. The quantitative estimate of drug-likeness (QED) is 0.940. The number of rotatable bonds is 4. The molecule has 0 aliphatic carbocycles. The van der Waals surface area contributed by atoms with E-state index in [1.54, 1.807) is 18.6 Å². The van der Waals surface area contributed by atoms with Crippen LogP contribution in [-0.2, 0) is 4.79 Å². The second-order valence-corrected chi connectivity index (χ2v) is 5.97. The summed E-state index contributed by atoms with van der Waals surface area (Å²) >= 11 is 0. The van der Waals surface area contributed by atoms with Crippen LogP contribution < -0.4 is 5.32 Å². The number of aromatic nitrogens is 3. The average molecular weight is 311 g/mol. The SMILES string of the molecule is CC(C)C(=O)N1CCCC1c1nccnc1Nc1ccccn1. The Morgan fingerprint density at radius 3 is 2.78 bits per heavy atom. The number of nitrogens with one attached hydrogen (secondary N) is 1. The zero-order chi connectivity index (χ0) is 16.2. The summed E-state index contributed by atoms with van der Waals surface area (Å²) in [7, 11) is 0. The third kappa shape index (κ3) is 3.31. The summed E-state index contributed by atoms with van der Waals surface area (Å²) in [6, 6.07) is 5.63. The summed E-state index contributed by atoms with van der Waals surface area (Å²) in [6.07, 6.45) is 6.95. The van der Waals surface area contributed by atoms with Gasteiger partial charge in [0.1, 0.15) is 11.5 Å². The van der Waals surface area contributed by atoms with E-state index in [1.807, 2.05) is 36.9 Å². The van der Waals surface area contributed by atoms with Crippen molar-refractivity contribution in [2.75, 3.05) is 11.9 Å². The Hall–Kier alpha value is -2.50. The Balaban J connectivity index is 1.89. The molecule has 0 bridgehead atoms. The number of carbonyl (C=O) groups excluding carboxylic acids is 1. The predicted molar refractivity (Wildman–Crippen MR) is 88.1 cm³/mol. The molecule has 0 saturated carbocycles. The van der Waals surface area contributed by atoms with E-state index >= 15 is 0 Å². The van der Waals surface area contributed by atoms with Gasteiger partial charge in [-0.05, 0) is 25.0 Å². The largest absolute Gasteiger partial charge is 0.334 e. The highest BCUT2D eigenvalue weighted by Gasteiger charge is 2.33. The van der Waals surface area contributed by atoms with Gasteiger partial charge in [0.25, 0.3) is 0 Å². The maximum absolute atomic E-state index is 12.4. The summed E-state index contributed by atoms with van der Waals surface area (Å²) in [4.78, 5) is 27.5. The molecule has 1 fully saturated rings. The van der Waals surface area contributed by atoms with Crippen LogP contribution in [-0.4, -0.2) is 32.3 Å². The van der Waals surface area contributed by atoms with Gasteiger partial charge in [0, 0.05) is 31.1 Å². The summed E-state index contributed by atoms with van der Waals surface area (Å²) in [6.45, 7) is 4.64. The van der Waals surface area contributed by atoms with E-state index < -0.39 is 0 Å². The Kier molecular flexibility index (Phi) is 4.50. The van der Waals surface area contributed by atoms with E-state index in [0.717, 1.165) is 25.1 Å². The number of hydrogen-bond donors (Lipinski definition) is 1. The lowest BCUT2D eigenvalue weighted by molar-refractivity contribution is -0.135. The van der Waals surface area contributed by atoms with E-state index in [0.29, 0.717) is 11.6 Å². The first-order chi connectivity index (χ1) is 11.2. The minimum absolute atomic E-state index is 0.0144. The van der Waals surface area contributed by atoms with Crippen molar-refractivity contribution in [1.82, 2.24) is 19.9 Å². The molecule has 0 spiro atoms. The van der Waals surface area contributed by atoms with Gasteiger partial charge in [0.15, 0.2) is 5.82 Å². The molecule has 2 aromatic heterocycles. The molecule has 1 N–H and O–H groups in total. The van der Waals surface area contributed by atoms with Crippen molar-refractivity contribution >= 4 is 17.5 Å². The number of anilines is 2. The minimum atomic E-state index is -0.0233. The second kappa shape index (κ2) is 6.73. The molecule has 0 aromatic carbocycles. The molecule has 6 heteroatoms. The van der Waals surface area contributed by atoms with Crippen LogP contribution in [0.4, 0.5) is 11.6 Å². The van der Waals surface area contributed by atoms with Gasteiger partial charge >= 0.3 is 0 Å². The maximum atomic E-state index is 12.4. The molecule has 1 saturated heterocycles. The highest BCUT2D eigenvalue weighted by molar-refractivity contribution is 5.79. The Labute approximate surface area is 136 Å². The highest BCUT2D eigenvalue weighted by Crippen LogP contribution is 2.35. The summed E-state index contributed by atoms with van der Waals surface area (Å²) in [5, 5.41) is 3.22. The molecule has 3 heterocycles. The van der Waals surface area contributed by atoms with Crippen LogP contribution >= 0.6 is 0 Å². The van der Waals surface area contributed by atoms with E-state index in [-0.39, 0.29) is 17.9 Å². The molecule has 120 valence electrons. The van der Waals surface area contributed by atoms with Gasteiger partial charge in [-0.15, -0.1) is 0 Å². The molecule has 23 heavy (non-hydrogen) atoms. The standard InChI is InChI=1S/C17H21N5O/c1-12(2)17(23)22-11-5-6-13(22)15-16(20-10-9-19-15)21-14-7-3-4-8-18-14/h3-4,7-10,12-13H,5-6,11H2,1-2H3,(H,18,20,21). The first-order valence-electron chi connectivity index (χ1n) is 7.96. The lowest BCUT2D eigenvalue weighted by Crippen LogP contribution is -2.34. The molecule has 1 aliphatic rings. The van der Waals surface area contributed by atoms with Crippen molar-refractivity contribution in [2.45, 2.75) is 32.7 Å². The van der Waals surface area contributed by atoms with Gasteiger partial charge in [-0.2, -0.15) is 0 Å². The van der Waals surface area contributed by atoms with Crippen LogP contribution in [0.25, 0.3) is 0 Å². The van der Waals surface area contributed by atoms with Crippen LogP contribution in [0.5, 0.6) is 0 Å². The second-order valence-electron chi connectivity index (χ2n) is 5.97. The summed E-state index contributed by atoms with van der Waals surface area (Å²) < 4.78 is 0. The molecule has 0 radical (unpaired) electrons. The minimum Gasteiger partial charge on any atom is -0.334 e. The molecule has 6 nitrogen and oxygen atoms in total. The fourth-order valence-corrected chi connectivity index (χ4v) is 2.89. The normalized spacial score (nSPS) is 17.5. The molecule has 1 aliphatic heterocycles. The molecule has 1 atom stereocenters. The van der Waals surface area contributed by atoms with E-state index in [9.17, 15) is 4.79 Å². The summed E-state index contributed by atoms with van der Waals surface area (Å²) in [5.41, 5.74) is 0.810. The first kappa shape index (κ1) is 15.4. The fourth-order valence-electron chi connectivity index (χ4n) is 2.89. The number of nitrogens with zero attached hydrogens (tertiary/aromatic N) is 4. The Morgan fingerprint density at radius 1 is 1.22 bits per heavy atom. The molecular formula is C17H21N5O. The van der Waals surface area contributed by atoms with Crippen LogP contribution in [0.1, 0.15) is 38.4 Å². The van der Waals surface area contributed by atoms with Gasteiger partial charge in [-0.25, -0.2) is 9.97 Å². The van der Waals surface area contributed by atoms with E-state index in [1.165, 1.54) is 0 Å². The number of carbonyl (C=O) groups is 1.